The Morgan fingerprint density at radius 1 is 1.00 bits per heavy atom. The minimum atomic E-state index is -4.84. The molecule has 4 rings (SSSR count). The summed E-state index contributed by atoms with van der Waals surface area (Å²) < 4.78 is 54.9. The van der Waals surface area contributed by atoms with Crippen LogP contribution in [0.1, 0.15) is 41.9 Å². The van der Waals surface area contributed by atoms with Crippen molar-refractivity contribution in [2.75, 3.05) is 26.2 Å². The zero-order chi connectivity index (χ0) is 20.6. The van der Waals surface area contributed by atoms with Gasteiger partial charge < -0.3 is 4.90 Å². The summed E-state index contributed by atoms with van der Waals surface area (Å²) >= 11 is 0. The molecule has 2 aromatic rings. The molecule has 0 spiro atoms. The highest BCUT2D eigenvalue weighted by molar-refractivity contribution is 5.93. The molecule has 0 unspecified atom stereocenters. The molecule has 1 amide bonds. The molecule has 1 aliphatic heterocycles. The zero-order valence-electron chi connectivity index (χ0n) is 15.7. The van der Waals surface area contributed by atoms with Crippen molar-refractivity contribution < 1.29 is 22.4 Å². The summed E-state index contributed by atoms with van der Waals surface area (Å²) in [7, 11) is 0. The first kappa shape index (κ1) is 19.8. The molecule has 1 aromatic carbocycles. The van der Waals surface area contributed by atoms with Crippen molar-refractivity contribution in [3.05, 3.63) is 41.5 Å². The van der Waals surface area contributed by atoms with E-state index in [0.29, 0.717) is 36.9 Å². The summed E-state index contributed by atoms with van der Waals surface area (Å²) in [6.07, 6.45) is -0.165. The highest BCUT2D eigenvalue weighted by atomic mass is 19.4. The van der Waals surface area contributed by atoms with Gasteiger partial charge >= 0.3 is 6.18 Å². The normalized spacial score (nSPS) is 19.1. The third kappa shape index (κ3) is 3.98. The first-order valence-corrected chi connectivity index (χ1v) is 9.67. The fourth-order valence-electron chi connectivity index (χ4n) is 4.15. The van der Waals surface area contributed by atoms with Gasteiger partial charge in [-0.15, -0.1) is 5.10 Å². The number of nitrogens with zero attached hydrogens (tertiary/aromatic N) is 5. The van der Waals surface area contributed by atoms with Gasteiger partial charge in [0.15, 0.2) is 11.4 Å². The van der Waals surface area contributed by atoms with Gasteiger partial charge in [-0.2, -0.15) is 13.2 Å². The molecule has 2 fully saturated rings. The number of halogens is 4. The van der Waals surface area contributed by atoms with Crippen LogP contribution in [0.25, 0.3) is 5.69 Å². The zero-order valence-corrected chi connectivity index (χ0v) is 15.7. The molecule has 2 heterocycles. The SMILES string of the molecule is O=C(c1nnn(-c2ccc(F)cc2)c1C(F)(F)F)N1CCN(C2CCCC2)CC1. The maximum absolute atomic E-state index is 13.7. The largest absolute Gasteiger partial charge is 0.435 e. The van der Waals surface area contributed by atoms with Crippen LogP contribution in [0.3, 0.4) is 0 Å². The fraction of sp³-hybridized carbons (Fsp3) is 0.526. The van der Waals surface area contributed by atoms with E-state index in [1.807, 2.05) is 0 Å². The van der Waals surface area contributed by atoms with E-state index >= 15 is 0 Å². The highest BCUT2D eigenvalue weighted by Gasteiger charge is 2.43. The van der Waals surface area contributed by atoms with Crippen molar-refractivity contribution in [2.45, 2.75) is 37.9 Å². The van der Waals surface area contributed by atoms with E-state index < -0.39 is 29.3 Å². The second-order valence-corrected chi connectivity index (χ2v) is 7.44. The fourth-order valence-corrected chi connectivity index (χ4v) is 4.15. The summed E-state index contributed by atoms with van der Waals surface area (Å²) in [6.45, 7) is 2.00. The Morgan fingerprint density at radius 3 is 2.21 bits per heavy atom. The number of amides is 1. The average Bonchev–Trinajstić information content (AvgIpc) is 3.38. The molecular formula is C19H21F4N5O. The van der Waals surface area contributed by atoms with Gasteiger partial charge in [-0.05, 0) is 37.1 Å². The molecule has 29 heavy (non-hydrogen) atoms. The molecular weight excluding hydrogens is 390 g/mol. The van der Waals surface area contributed by atoms with Gasteiger partial charge in [-0.1, -0.05) is 18.1 Å². The quantitative estimate of drug-likeness (QED) is 0.729. The number of benzene rings is 1. The van der Waals surface area contributed by atoms with Crippen LogP contribution in [0.4, 0.5) is 17.6 Å². The molecule has 0 N–H and O–H groups in total. The van der Waals surface area contributed by atoms with E-state index in [0.717, 1.165) is 37.1 Å². The van der Waals surface area contributed by atoms with Gasteiger partial charge in [0.25, 0.3) is 5.91 Å². The number of aromatic nitrogens is 3. The van der Waals surface area contributed by atoms with Crippen LogP contribution in [0.5, 0.6) is 0 Å². The van der Waals surface area contributed by atoms with Crippen molar-refractivity contribution >= 4 is 5.91 Å². The minimum absolute atomic E-state index is 0.0173. The van der Waals surface area contributed by atoms with Crippen molar-refractivity contribution in [3.8, 4) is 5.69 Å². The molecule has 156 valence electrons. The Kier molecular flexibility index (Phi) is 5.28. The van der Waals surface area contributed by atoms with Crippen molar-refractivity contribution in [1.29, 1.82) is 0 Å². The Morgan fingerprint density at radius 2 is 1.62 bits per heavy atom. The van der Waals surface area contributed by atoms with Crippen LogP contribution in [-0.2, 0) is 6.18 Å². The van der Waals surface area contributed by atoms with E-state index in [1.54, 1.807) is 0 Å². The Balaban J connectivity index is 1.56. The predicted octanol–water partition coefficient (Wildman–Crippen LogP) is 3.13. The third-order valence-electron chi connectivity index (χ3n) is 5.66. The standard InChI is InChI=1S/C19H21F4N5O/c20-13-5-7-15(8-6-13)28-17(19(21,22)23)16(24-25-28)18(29)27-11-9-26(10-12-27)14-3-1-2-4-14/h5-8,14H,1-4,9-12H2. The van der Waals surface area contributed by atoms with Crippen molar-refractivity contribution in [1.82, 2.24) is 24.8 Å². The lowest BCUT2D eigenvalue weighted by molar-refractivity contribution is -0.143. The number of rotatable bonds is 3. The molecule has 2 aliphatic rings. The summed E-state index contributed by atoms with van der Waals surface area (Å²) in [5.41, 5.74) is -1.99. The third-order valence-corrected chi connectivity index (χ3v) is 5.66. The van der Waals surface area contributed by atoms with Gasteiger partial charge in [0.2, 0.25) is 0 Å². The molecule has 10 heteroatoms. The van der Waals surface area contributed by atoms with Gasteiger partial charge in [0, 0.05) is 32.2 Å². The molecule has 1 aliphatic carbocycles. The summed E-state index contributed by atoms with van der Waals surface area (Å²) in [4.78, 5) is 16.5. The average molecular weight is 411 g/mol. The number of piperazine rings is 1. The molecule has 1 aromatic heterocycles. The van der Waals surface area contributed by atoms with Crippen molar-refractivity contribution in [3.63, 3.8) is 0 Å². The monoisotopic (exact) mass is 411 g/mol. The van der Waals surface area contributed by atoms with Crippen molar-refractivity contribution in [2.24, 2.45) is 0 Å². The number of carbonyl (C=O) groups excluding carboxylic acids is 1. The number of hydrogen-bond donors (Lipinski definition) is 0. The second-order valence-electron chi connectivity index (χ2n) is 7.44. The molecule has 0 radical (unpaired) electrons. The van der Waals surface area contributed by atoms with E-state index in [1.165, 1.54) is 17.7 Å². The lowest BCUT2D eigenvalue weighted by Gasteiger charge is -2.37. The highest BCUT2D eigenvalue weighted by Crippen LogP contribution is 2.33. The van der Waals surface area contributed by atoms with E-state index in [9.17, 15) is 22.4 Å². The van der Waals surface area contributed by atoms with Crippen LogP contribution < -0.4 is 0 Å². The number of hydrogen-bond acceptors (Lipinski definition) is 4. The summed E-state index contributed by atoms with van der Waals surface area (Å²) in [5, 5.41) is 7.09. The van der Waals surface area contributed by atoms with Crippen LogP contribution in [0.2, 0.25) is 0 Å². The number of carbonyl (C=O) groups is 1. The van der Waals surface area contributed by atoms with Gasteiger partial charge in [0.05, 0.1) is 5.69 Å². The van der Waals surface area contributed by atoms with Gasteiger partial charge in [-0.3, -0.25) is 9.69 Å². The van der Waals surface area contributed by atoms with Crippen LogP contribution in [-0.4, -0.2) is 62.9 Å². The van der Waals surface area contributed by atoms with Crippen LogP contribution in [0.15, 0.2) is 24.3 Å². The summed E-state index contributed by atoms with van der Waals surface area (Å²) in [6, 6.07) is 4.89. The van der Waals surface area contributed by atoms with Gasteiger partial charge in [-0.25, -0.2) is 9.07 Å². The minimum Gasteiger partial charge on any atom is -0.335 e. The molecule has 1 saturated heterocycles. The maximum Gasteiger partial charge on any atom is 0.435 e. The van der Waals surface area contributed by atoms with Crippen LogP contribution >= 0.6 is 0 Å². The molecule has 0 bridgehead atoms. The topological polar surface area (TPSA) is 54.3 Å². The Hall–Kier alpha value is -2.49. The summed E-state index contributed by atoms with van der Waals surface area (Å²) in [5.74, 6) is -1.37. The first-order valence-electron chi connectivity index (χ1n) is 9.67. The smallest absolute Gasteiger partial charge is 0.335 e. The maximum atomic E-state index is 13.7. The van der Waals surface area contributed by atoms with E-state index in [2.05, 4.69) is 15.2 Å². The van der Waals surface area contributed by atoms with Gasteiger partial charge in [0.1, 0.15) is 5.82 Å². The number of alkyl halides is 3. The second kappa shape index (κ2) is 7.74. The van der Waals surface area contributed by atoms with Crippen LogP contribution in [0, 0.1) is 5.82 Å². The Labute approximate surface area is 165 Å². The first-order chi connectivity index (χ1) is 13.8. The molecule has 1 saturated carbocycles. The molecule has 0 atom stereocenters. The van der Waals surface area contributed by atoms with E-state index in [-0.39, 0.29) is 5.69 Å². The molecule has 6 nitrogen and oxygen atoms in total. The lowest BCUT2D eigenvalue weighted by atomic mass is 10.1. The Bertz CT molecular complexity index is 866. The lowest BCUT2D eigenvalue weighted by Crippen LogP contribution is -2.51. The van der Waals surface area contributed by atoms with E-state index in [4.69, 9.17) is 0 Å². The predicted molar refractivity (Wildman–Crippen MR) is 96.1 cm³/mol.